The molecular weight excluding hydrogens is 240 g/mol. The molecule has 0 aliphatic carbocycles. The summed E-state index contributed by atoms with van der Waals surface area (Å²) in [6.07, 6.45) is 0.856. The van der Waals surface area contributed by atoms with Gasteiger partial charge < -0.3 is 10.2 Å². The average molecular weight is 264 g/mol. The van der Waals surface area contributed by atoms with E-state index in [1.807, 2.05) is 14.1 Å². The molecule has 1 aliphatic heterocycles. The van der Waals surface area contributed by atoms with Crippen LogP contribution in [0.2, 0.25) is 0 Å². The van der Waals surface area contributed by atoms with Crippen LogP contribution in [-0.2, 0) is 10.2 Å². The Bertz CT molecular complexity index is 312. The van der Waals surface area contributed by atoms with Crippen LogP contribution in [0, 0.1) is 0 Å². The van der Waals surface area contributed by atoms with Gasteiger partial charge in [0.1, 0.15) is 0 Å². The molecule has 102 valence electrons. The van der Waals surface area contributed by atoms with Gasteiger partial charge in [-0.05, 0) is 27.1 Å². The molecule has 0 spiro atoms. The van der Waals surface area contributed by atoms with Gasteiger partial charge in [-0.2, -0.15) is 17.0 Å². The number of nitrogens with zero attached hydrogens (tertiary/aromatic N) is 3. The fraction of sp³-hybridized carbons (Fsp3) is 1.00. The van der Waals surface area contributed by atoms with Crippen LogP contribution in [0.15, 0.2) is 0 Å². The number of rotatable bonds is 6. The van der Waals surface area contributed by atoms with Gasteiger partial charge in [-0.3, -0.25) is 0 Å². The van der Waals surface area contributed by atoms with Crippen LogP contribution in [0.5, 0.6) is 0 Å². The molecule has 0 atom stereocenters. The fourth-order valence-corrected chi connectivity index (χ4v) is 3.20. The molecule has 6 nitrogen and oxygen atoms in total. The summed E-state index contributed by atoms with van der Waals surface area (Å²) in [5, 5.41) is 3.15. The SMILES string of the molecule is CN(C)CCCN(C)S(=O)(=O)N1CCNCC1. The summed E-state index contributed by atoms with van der Waals surface area (Å²) in [5.41, 5.74) is 0. The summed E-state index contributed by atoms with van der Waals surface area (Å²) in [5.74, 6) is 0. The Balaban J connectivity index is 2.45. The lowest BCUT2D eigenvalue weighted by molar-refractivity contribution is 0.316. The second kappa shape index (κ2) is 6.65. The number of hydrogen-bond donors (Lipinski definition) is 1. The summed E-state index contributed by atoms with van der Waals surface area (Å²) in [6.45, 7) is 4.10. The normalized spacial score (nSPS) is 19.1. The summed E-state index contributed by atoms with van der Waals surface area (Å²) in [4.78, 5) is 2.06. The van der Waals surface area contributed by atoms with Crippen LogP contribution in [0.25, 0.3) is 0 Å². The van der Waals surface area contributed by atoms with Crippen molar-refractivity contribution in [3.05, 3.63) is 0 Å². The van der Waals surface area contributed by atoms with E-state index in [0.29, 0.717) is 19.6 Å². The van der Waals surface area contributed by atoms with Crippen LogP contribution in [0.3, 0.4) is 0 Å². The smallest absolute Gasteiger partial charge is 0.281 e. The summed E-state index contributed by atoms with van der Waals surface area (Å²) in [7, 11) is 2.39. The second-order valence-electron chi connectivity index (χ2n) is 4.64. The molecule has 1 fully saturated rings. The Morgan fingerprint density at radius 2 is 1.71 bits per heavy atom. The van der Waals surface area contributed by atoms with E-state index in [4.69, 9.17) is 0 Å². The van der Waals surface area contributed by atoms with Crippen LogP contribution in [0.4, 0.5) is 0 Å². The molecule has 1 aliphatic rings. The minimum atomic E-state index is -3.25. The van der Waals surface area contributed by atoms with Gasteiger partial charge in [-0.15, -0.1) is 0 Å². The highest BCUT2D eigenvalue weighted by molar-refractivity contribution is 7.86. The fourth-order valence-electron chi connectivity index (χ4n) is 1.80. The standard InChI is InChI=1S/C10H24N4O2S/c1-12(2)7-4-8-13(3)17(15,16)14-9-5-11-6-10-14/h11H,4-10H2,1-3H3. The lowest BCUT2D eigenvalue weighted by Crippen LogP contribution is -2.51. The van der Waals surface area contributed by atoms with Crippen molar-refractivity contribution >= 4 is 10.2 Å². The monoisotopic (exact) mass is 264 g/mol. The van der Waals surface area contributed by atoms with Crippen molar-refractivity contribution in [3.63, 3.8) is 0 Å². The third-order valence-electron chi connectivity index (χ3n) is 2.87. The predicted molar refractivity (Wildman–Crippen MR) is 69.2 cm³/mol. The first-order valence-electron chi connectivity index (χ1n) is 6.01. The molecule has 0 unspecified atom stereocenters. The highest BCUT2D eigenvalue weighted by atomic mass is 32.2. The van der Waals surface area contributed by atoms with Crippen LogP contribution >= 0.6 is 0 Å². The quantitative estimate of drug-likeness (QED) is 0.670. The Kier molecular flexibility index (Phi) is 5.81. The maximum absolute atomic E-state index is 12.2. The van der Waals surface area contributed by atoms with E-state index in [0.717, 1.165) is 26.1 Å². The summed E-state index contributed by atoms with van der Waals surface area (Å²) >= 11 is 0. The molecule has 0 aromatic carbocycles. The van der Waals surface area contributed by atoms with Crippen molar-refractivity contribution in [1.29, 1.82) is 0 Å². The number of nitrogens with one attached hydrogen (secondary N) is 1. The van der Waals surface area contributed by atoms with Crippen molar-refractivity contribution < 1.29 is 8.42 Å². The van der Waals surface area contributed by atoms with E-state index in [-0.39, 0.29) is 0 Å². The third kappa shape index (κ3) is 4.51. The Hall–Kier alpha value is -0.210. The van der Waals surface area contributed by atoms with Gasteiger partial charge >= 0.3 is 0 Å². The van der Waals surface area contributed by atoms with E-state index in [2.05, 4.69) is 10.2 Å². The third-order valence-corrected chi connectivity index (χ3v) is 4.86. The predicted octanol–water partition coefficient (Wildman–Crippen LogP) is -0.980. The minimum Gasteiger partial charge on any atom is -0.314 e. The van der Waals surface area contributed by atoms with Gasteiger partial charge in [0.25, 0.3) is 10.2 Å². The molecule has 0 aromatic rings. The molecule has 0 bridgehead atoms. The minimum absolute atomic E-state index is 0.570. The van der Waals surface area contributed by atoms with Gasteiger partial charge in [0.05, 0.1) is 0 Å². The lowest BCUT2D eigenvalue weighted by atomic mass is 10.4. The van der Waals surface area contributed by atoms with Crippen molar-refractivity contribution in [3.8, 4) is 0 Å². The Labute approximate surface area is 105 Å². The number of hydrogen-bond acceptors (Lipinski definition) is 4. The zero-order valence-electron chi connectivity index (χ0n) is 11.0. The van der Waals surface area contributed by atoms with E-state index in [9.17, 15) is 8.42 Å². The van der Waals surface area contributed by atoms with Crippen LogP contribution < -0.4 is 5.32 Å². The molecule has 0 saturated carbocycles. The zero-order chi connectivity index (χ0) is 12.9. The first-order valence-corrected chi connectivity index (χ1v) is 7.41. The second-order valence-corrected chi connectivity index (χ2v) is 6.67. The Morgan fingerprint density at radius 3 is 2.24 bits per heavy atom. The summed E-state index contributed by atoms with van der Waals surface area (Å²) in [6, 6.07) is 0. The van der Waals surface area contributed by atoms with E-state index in [1.54, 1.807) is 11.4 Å². The zero-order valence-corrected chi connectivity index (χ0v) is 11.8. The highest BCUT2D eigenvalue weighted by Gasteiger charge is 2.27. The van der Waals surface area contributed by atoms with Gasteiger partial charge in [0, 0.05) is 39.8 Å². The van der Waals surface area contributed by atoms with Gasteiger partial charge in [-0.1, -0.05) is 0 Å². The lowest BCUT2D eigenvalue weighted by Gasteiger charge is -2.30. The number of piperazine rings is 1. The molecule has 0 radical (unpaired) electrons. The first kappa shape index (κ1) is 14.8. The Morgan fingerprint density at radius 1 is 1.12 bits per heavy atom. The largest absolute Gasteiger partial charge is 0.314 e. The molecule has 1 rings (SSSR count). The maximum atomic E-state index is 12.2. The van der Waals surface area contributed by atoms with Crippen molar-refractivity contribution in [2.45, 2.75) is 6.42 Å². The van der Waals surface area contributed by atoms with Gasteiger partial charge in [-0.25, -0.2) is 0 Å². The highest BCUT2D eigenvalue weighted by Crippen LogP contribution is 2.07. The molecule has 7 heteroatoms. The molecule has 17 heavy (non-hydrogen) atoms. The molecule has 1 heterocycles. The molecule has 0 amide bonds. The van der Waals surface area contributed by atoms with Crippen LogP contribution in [0.1, 0.15) is 6.42 Å². The van der Waals surface area contributed by atoms with Gasteiger partial charge in [0.15, 0.2) is 0 Å². The van der Waals surface area contributed by atoms with E-state index in [1.165, 1.54) is 4.31 Å². The topological polar surface area (TPSA) is 55.9 Å². The maximum Gasteiger partial charge on any atom is 0.281 e. The van der Waals surface area contributed by atoms with Gasteiger partial charge in [0.2, 0.25) is 0 Å². The van der Waals surface area contributed by atoms with Crippen molar-refractivity contribution in [1.82, 2.24) is 18.8 Å². The molecule has 1 N–H and O–H groups in total. The van der Waals surface area contributed by atoms with Crippen molar-refractivity contribution in [2.75, 3.05) is 60.4 Å². The molecule has 0 aromatic heterocycles. The van der Waals surface area contributed by atoms with E-state index >= 15 is 0 Å². The first-order chi connectivity index (χ1) is 7.94. The summed E-state index contributed by atoms with van der Waals surface area (Å²) < 4.78 is 27.4. The molecule has 1 saturated heterocycles. The molecular formula is C10H24N4O2S. The van der Waals surface area contributed by atoms with E-state index < -0.39 is 10.2 Å². The van der Waals surface area contributed by atoms with Crippen LogP contribution in [-0.4, -0.2) is 82.3 Å². The average Bonchev–Trinajstić information content (AvgIpc) is 2.29. The van der Waals surface area contributed by atoms with Crippen molar-refractivity contribution in [2.24, 2.45) is 0 Å².